The van der Waals surface area contributed by atoms with Crippen LogP contribution in [0.2, 0.25) is 0 Å². The predicted molar refractivity (Wildman–Crippen MR) is 82.8 cm³/mol. The van der Waals surface area contributed by atoms with Crippen molar-refractivity contribution in [1.82, 2.24) is 0 Å². The minimum Gasteiger partial charge on any atom is -0.469 e. The van der Waals surface area contributed by atoms with Gasteiger partial charge in [0.1, 0.15) is 5.76 Å². The largest absolute Gasteiger partial charge is 0.469 e. The number of furan rings is 1. The Morgan fingerprint density at radius 3 is 2.71 bits per heavy atom. The van der Waals surface area contributed by atoms with Crippen molar-refractivity contribution in [2.75, 3.05) is 17.2 Å². The minimum atomic E-state index is -0.386. The van der Waals surface area contributed by atoms with Gasteiger partial charge in [-0.05, 0) is 32.0 Å². The van der Waals surface area contributed by atoms with Gasteiger partial charge in [-0.1, -0.05) is 0 Å². The second-order valence-corrected chi connectivity index (χ2v) is 4.88. The summed E-state index contributed by atoms with van der Waals surface area (Å²) in [5.74, 6) is 0.882. The van der Waals surface area contributed by atoms with E-state index in [4.69, 9.17) is 4.42 Å². The summed E-state index contributed by atoms with van der Waals surface area (Å²) >= 11 is 0. The Bertz CT molecular complexity index is 596. The van der Waals surface area contributed by atoms with E-state index in [1.165, 1.54) is 6.07 Å². The lowest BCUT2D eigenvalue weighted by molar-refractivity contribution is -0.384. The van der Waals surface area contributed by atoms with Crippen LogP contribution in [-0.2, 0) is 6.42 Å². The zero-order chi connectivity index (χ0) is 15.2. The van der Waals surface area contributed by atoms with Crippen LogP contribution in [0.15, 0.2) is 41.0 Å². The Morgan fingerprint density at radius 2 is 2.10 bits per heavy atom. The van der Waals surface area contributed by atoms with Crippen molar-refractivity contribution in [3.8, 4) is 0 Å². The van der Waals surface area contributed by atoms with E-state index in [1.54, 1.807) is 12.3 Å². The second-order valence-electron chi connectivity index (χ2n) is 4.88. The molecule has 0 radical (unpaired) electrons. The van der Waals surface area contributed by atoms with Gasteiger partial charge in [0.25, 0.3) is 5.69 Å². The molecule has 21 heavy (non-hydrogen) atoms. The summed E-state index contributed by atoms with van der Waals surface area (Å²) < 4.78 is 5.31. The number of non-ortho nitro benzene ring substituents is 1. The van der Waals surface area contributed by atoms with E-state index in [1.807, 2.05) is 32.0 Å². The van der Waals surface area contributed by atoms with E-state index < -0.39 is 0 Å². The molecule has 1 heterocycles. The molecule has 0 aliphatic rings. The lowest BCUT2D eigenvalue weighted by Gasteiger charge is -2.15. The molecule has 2 aromatic rings. The lowest BCUT2D eigenvalue weighted by atomic mass is 10.1. The number of anilines is 2. The van der Waals surface area contributed by atoms with Crippen molar-refractivity contribution in [2.45, 2.75) is 26.3 Å². The van der Waals surface area contributed by atoms with E-state index in [0.29, 0.717) is 13.0 Å². The van der Waals surface area contributed by atoms with Crippen LogP contribution in [0.25, 0.3) is 0 Å². The maximum Gasteiger partial charge on any atom is 0.273 e. The molecule has 0 saturated heterocycles. The van der Waals surface area contributed by atoms with Crippen LogP contribution in [0.3, 0.4) is 0 Å². The first-order valence-electron chi connectivity index (χ1n) is 6.90. The average molecular weight is 289 g/mol. The molecule has 6 nitrogen and oxygen atoms in total. The fourth-order valence-corrected chi connectivity index (χ4v) is 2.17. The van der Waals surface area contributed by atoms with Gasteiger partial charge in [0, 0.05) is 42.5 Å². The minimum absolute atomic E-state index is 0.0705. The highest BCUT2D eigenvalue weighted by Crippen LogP contribution is 2.25. The predicted octanol–water partition coefficient (Wildman–Crippen LogP) is 3.66. The third kappa shape index (κ3) is 4.24. The zero-order valence-corrected chi connectivity index (χ0v) is 12.1. The van der Waals surface area contributed by atoms with Gasteiger partial charge in [-0.15, -0.1) is 0 Å². The van der Waals surface area contributed by atoms with Gasteiger partial charge in [-0.25, -0.2) is 0 Å². The molecule has 1 aromatic carbocycles. The van der Waals surface area contributed by atoms with E-state index in [-0.39, 0.29) is 16.7 Å². The molecule has 0 aliphatic carbocycles. The Kier molecular flexibility index (Phi) is 4.81. The molecule has 112 valence electrons. The molecule has 2 rings (SSSR count). The van der Waals surface area contributed by atoms with Gasteiger partial charge >= 0.3 is 0 Å². The van der Waals surface area contributed by atoms with E-state index >= 15 is 0 Å². The smallest absolute Gasteiger partial charge is 0.273 e. The first kappa shape index (κ1) is 14.9. The van der Waals surface area contributed by atoms with Crippen molar-refractivity contribution in [3.63, 3.8) is 0 Å². The summed E-state index contributed by atoms with van der Waals surface area (Å²) in [6, 6.07) is 8.81. The SMILES string of the molecule is CCNc1cc(NC(C)Cc2ccco2)cc([N+](=O)[O-])c1. The number of rotatable bonds is 7. The fraction of sp³-hybridized carbons (Fsp3) is 0.333. The monoisotopic (exact) mass is 289 g/mol. The van der Waals surface area contributed by atoms with Crippen LogP contribution in [0, 0.1) is 10.1 Å². The third-order valence-electron chi connectivity index (χ3n) is 3.01. The molecule has 0 aliphatic heterocycles. The van der Waals surface area contributed by atoms with E-state index in [0.717, 1.165) is 17.1 Å². The van der Waals surface area contributed by atoms with Gasteiger partial charge in [0.05, 0.1) is 11.2 Å². The number of nitro groups is 1. The van der Waals surface area contributed by atoms with Crippen molar-refractivity contribution in [1.29, 1.82) is 0 Å². The van der Waals surface area contributed by atoms with Crippen molar-refractivity contribution < 1.29 is 9.34 Å². The van der Waals surface area contributed by atoms with Crippen LogP contribution >= 0.6 is 0 Å². The summed E-state index contributed by atoms with van der Waals surface area (Å²) in [5.41, 5.74) is 1.53. The molecule has 0 fully saturated rings. The second kappa shape index (κ2) is 6.78. The van der Waals surface area contributed by atoms with Crippen molar-refractivity contribution >= 4 is 17.1 Å². The summed E-state index contributed by atoms with van der Waals surface area (Å²) in [6.07, 6.45) is 2.35. The van der Waals surface area contributed by atoms with Gasteiger partial charge < -0.3 is 15.1 Å². The van der Waals surface area contributed by atoms with Gasteiger partial charge in [0.15, 0.2) is 0 Å². The summed E-state index contributed by atoms with van der Waals surface area (Å²) in [7, 11) is 0. The molecule has 0 spiro atoms. The van der Waals surface area contributed by atoms with Crippen LogP contribution in [0.1, 0.15) is 19.6 Å². The Labute approximate surface area is 123 Å². The van der Waals surface area contributed by atoms with Crippen LogP contribution < -0.4 is 10.6 Å². The first-order chi connectivity index (χ1) is 10.1. The standard InChI is InChI=1S/C15H19N3O3/c1-3-16-12-8-13(10-14(9-12)18(19)20)17-11(2)7-15-5-4-6-21-15/h4-6,8-11,16-17H,3,7H2,1-2H3. The number of nitrogens with zero attached hydrogens (tertiary/aromatic N) is 1. The maximum atomic E-state index is 11.0. The van der Waals surface area contributed by atoms with Crippen LogP contribution in [0.4, 0.5) is 17.1 Å². The maximum absolute atomic E-state index is 11.0. The van der Waals surface area contributed by atoms with Gasteiger partial charge in [-0.3, -0.25) is 10.1 Å². The number of nitro benzene ring substituents is 1. The van der Waals surface area contributed by atoms with Crippen LogP contribution in [0.5, 0.6) is 0 Å². The van der Waals surface area contributed by atoms with Crippen LogP contribution in [-0.4, -0.2) is 17.5 Å². The average Bonchev–Trinajstić information content (AvgIpc) is 2.91. The normalized spacial score (nSPS) is 11.9. The molecular formula is C15H19N3O3. The fourth-order valence-electron chi connectivity index (χ4n) is 2.17. The van der Waals surface area contributed by atoms with E-state index in [9.17, 15) is 10.1 Å². The number of hydrogen-bond donors (Lipinski definition) is 2. The molecule has 6 heteroatoms. The zero-order valence-electron chi connectivity index (χ0n) is 12.1. The summed E-state index contributed by atoms with van der Waals surface area (Å²) in [5, 5.41) is 17.4. The molecule has 0 amide bonds. The molecule has 0 saturated carbocycles. The highest BCUT2D eigenvalue weighted by atomic mass is 16.6. The molecule has 1 aromatic heterocycles. The molecular weight excluding hydrogens is 270 g/mol. The Morgan fingerprint density at radius 1 is 1.33 bits per heavy atom. The van der Waals surface area contributed by atoms with Crippen molar-refractivity contribution in [2.24, 2.45) is 0 Å². The lowest BCUT2D eigenvalue weighted by Crippen LogP contribution is -2.18. The van der Waals surface area contributed by atoms with Gasteiger partial charge in [0.2, 0.25) is 0 Å². The molecule has 1 unspecified atom stereocenters. The van der Waals surface area contributed by atoms with Gasteiger partial charge in [-0.2, -0.15) is 0 Å². The number of benzene rings is 1. The quantitative estimate of drug-likeness (QED) is 0.600. The third-order valence-corrected chi connectivity index (χ3v) is 3.01. The summed E-state index contributed by atoms with van der Waals surface area (Å²) in [6.45, 7) is 4.67. The number of hydrogen-bond acceptors (Lipinski definition) is 5. The molecule has 1 atom stereocenters. The number of nitrogens with one attached hydrogen (secondary N) is 2. The Hall–Kier alpha value is -2.50. The first-order valence-corrected chi connectivity index (χ1v) is 6.90. The van der Waals surface area contributed by atoms with Crippen molar-refractivity contribution in [3.05, 3.63) is 52.5 Å². The summed E-state index contributed by atoms with van der Waals surface area (Å²) in [4.78, 5) is 10.6. The molecule has 0 bridgehead atoms. The highest BCUT2D eigenvalue weighted by molar-refractivity contribution is 5.63. The topological polar surface area (TPSA) is 80.3 Å². The Balaban J connectivity index is 2.12. The molecule has 2 N–H and O–H groups in total. The van der Waals surface area contributed by atoms with E-state index in [2.05, 4.69) is 10.6 Å². The highest BCUT2D eigenvalue weighted by Gasteiger charge is 2.12.